The lowest BCUT2D eigenvalue weighted by atomic mass is 9.83. The number of amides is 2. The van der Waals surface area contributed by atoms with Crippen LogP contribution in [0.5, 0.6) is 11.5 Å². The van der Waals surface area contributed by atoms with Crippen LogP contribution < -0.4 is 15.5 Å². The Hall–Kier alpha value is -3.00. The predicted octanol–water partition coefficient (Wildman–Crippen LogP) is 2.51. The lowest BCUT2D eigenvalue weighted by Gasteiger charge is -2.24. The number of pyridine rings is 1. The Morgan fingerprint density at radius 1 is 1.26 bits per heavy atom. The summed E-state index contributed by atoms with van der Waals surface area (Å²) < 4.78 is 20.4. The highest BCUT2D eigenvalue weighted by atomic mass is 19.1. The van der Waals surface area contributed by atoms with E-state index in [1.165, 1.54) is 12.3 Å². The third kappa shape index (κ3) is 3.35. The maximum atomic E-state index is 14.5. The number of halogens is 1. The van der Waals surface area contributed by atoms with Crippen molar-refractivity contribution in [1.29, 1.82) is 0 Å². The van der Waals surface area contributed by atoms with Gasteiger partial charge in [0.1, 0.15) is 11.6 Å². The first-order valence-corrected chi connectivity index (χ1v) is 8.76. The Kier molecular flexibility index (Phi) is 4.49. The van der Waals surface area contributed by atoms with Gasteiger partial charge >= 0.3 is 0 Å². The molecule has 140 valence electrons. The van der Waals surface area contributed by atoms with Crippen LogP contribution in [0.25, 0.3) is 0 Å². The molecule has 1 unspecified atom stereocenters. The van der Waals surface area contributed by atoms with Crippen LogP contribution in [-0.2, 0) is 28.9 Å². The van der Waals surface area contributed by atoms with E-state index >= 15 is 0 Å². The maximum Gasteiger partial charge on any atom is 0.246 e. The monoisotopic (exact) mass is 371 g/mol. The van der Waals surface area contributed by atoms with E-state index in [9.17, 15) is 14.0 Å². The van der Waals surface area contributed by atoms with Gasteiger partial charge < -0.3 is 10.1 Å². The van der Waals surface area contributed by atoms with Gasteiger partial charge in [-0.05, 0) is 55.0 Å². The van der Waals surface area contributed by atoms with Crippen LogP contribution >= 0.6 is 0 Å². The molecule has 3 N–H and O–H groups in total. The first kappa shape index (κ1) is 17.4. The Labute approximate surface area is 154 Å². The Morgan fingerprint density at radius 3 is 2.93 bits per heavy atom. The summed E-state index contributed by atoms with van der Waals surface area (Å²) in [5.74, 6) is -0.453. The molecule has 0 saturated carbocycles. The first-order valence-electron chi connectivity index (χ1n) is 8.76. The highest BCUT2D eigenvalue weighted by Gasteiger charge is 2.27. The molecule has 7 nitrogen and oxygen atoms in total. The van der Waals surface area contributed by atoms with E-state index in [4.69, 9.17) is 9.94 Å². The molecular formula is C19H18FN3O4. The number of fused-ring (bicyclic) bond motifs is 2. The fourth-order valence-corrected chi connectivity index (χ4v) is 3.62. The number of carbonyl (C=O) groups excluding carboxylic acids is 2. The summed E-state index contributed by atoms with van der Waals surface area (Å²) in [6.07, 6.45) is 3.80. The third-order valence-electron chi connectivity index (χ3n) is 5.06. The summed E-state index contributed by atoms with van der Waals surface area (Å²) in [5.41, 5.74) is 4.07. The lowest BCUT2D eigenvalue weighted by Crippen LogP contribution is -2.32. The van der Waals surface area contributed by atoms with E-state index in [1.54, 1.807) is 17.6 Å². The molecule has 1 aliphatic carbocycles. The molecule has 4 rings (SSSR count). The first-order chi connectivity index (χ1) is 13.0. The van der Waals surface area contributed by atoms with Gasteiger partial charge in [0.25, 0.3) is 0 Å². The molecule has 1 atom stereocenters. The van der Waals surface area contributed by atoms with Crippen LogP contribution in [-0.4, -0.2) is 22.0 Å². The average Bonchev–Trinajstić information content (AvgIpc) is 2.67. The fraction of sp³-hybridized carbons (Fsp3) is 0.316. The van der Waals surface area contributed by atoms with Gasteiger partial charge in [-0.3, -0.25) is 14.8 Å². The zero-order valence-electron chi connectivity index (χ0n) is 14.4. The molecule has 8 heteroatoms. The molecule has 1 aromatic heterocycles. The average molecular weight is 371 g/mol. The van der Waals surface area contributed by atoms with E-state index in [0.29, 0.717) is 43.7 Å². The minimum absolute atomic E-state index is 0.0594. The number of hydrogen-bond acceptors (Lipinski definition) is 5. The Balaban J connectivity index is 1.63. The number of benzene rings is 1. The summed E-state index contributed by atoms with van der Waals surface area (Å²) in [7, 11) is 0. The van der Waals surface area contributed by atoms with E-state index in [1.807, 2.05) is 0 Å². The van der Waals surface area contributed by atoms with Crippen LogP contribution in [0, 0.1) is 11.7 Å². The van der Waals surface area contributed by atoms with Crippen molar-refractivity contribution in [2.45, 2.75) is 32.1 Å². The second-order valence-electron chi connectivity index (χ2n) is 6.75. The number of aryl methyl sites for hydroxylation is 1. The third-order valence-corrected chi connectivity index (χ3v) is 5.06. The molecule has 27 heavy (non-hydrogen) atoms. The molecule has 1 aromatic carbocycles. The minimum atomic E-state index is -0.482. The summed E-state index contributed by atoms with van der Waals surface area (Å²) in [5, 5.41) is 11.5. The minimum Gasteiger partial charge on any atom is -0.454 e. The van der Waals surface area contributed by atoms with Crippen molar-refractivity contribution in [3.63, 3.8) is 0 Å². The Morgan fingerprint density at radius 2 is 2.11 bits per heavy atom. The zero-order chi connectivity index (χ0) is 19.0. The number of carbonyl (C=O) groups is 2. The van der Waals surface area contributed by atoms with E-state index in [-0.39, 0.29) is 17.6 Å². The second kappa shape index (κ2) is 6.96. The van der Waals surface area contributed by atoms with Crippen LogP contribution in [0.15, 0.2) is 24.4 Å². The second-order valence-corrected chi connectivity index (χ2v) is 6.75. The van der Waals surface area contributed by atoms with Crippen molar-refractivity contribution < 1.29 is 23.9 Å². The molecule has 2 heterocycles. The smallest absolute Gasteiger partial charge is 0.246 e. The van der Waals surface area contributed by atoms with Gasteiger partial charge in [-0.2, -0.15) is 0 Å². The number of aromatic nitrogens is 1. The van der Waals surface area contributed by atoms with Crippen molar-refractivity contribution >= 4 is 17.6 Å². The maximum absolute atomic E-state index is 14.5. The van der Waals surface area contributed by atoms with Crippen molar-refractivity contribution in [1.82, 2.24) is 10.5 Å². The largest absolute Gasteiger partial charge is 0.454 e. The number of nitrogens with one attached hydrogen (secondary N) is 2. The van der Waals surface area contributed by atoms with Gasteiger partial charge in [0.15, 0.2) is 11.6 Å². The van der Waals surface area contributed by atoms with E-state index < -0.39 is 11.7 Å². The summed E-state index contributed by atoms with van der Waals surface area (Å²) in [6, 6.07) is 4.68. The molecule has 0 radical (unpaired) electrons. The summed E-state index contributed by atoms with van der Waals surface area (Å²) in [6.45, 7) is 0. The molecule has 2 amide bonds. The number of anilines is 1. The van der Waals surface area contributed by atoms with E-state index in [2.05, 4.69) is 10.3 Å². The molecule has 0 bridgehead atoms. The van der Waals surface area contributed by atoms with Gasteiger partial charge in [-0.1, -0.05) is 0 Å². The van der Waals surface area contributed by atoms with Crippen LogP contribution in [0.1, 0.15) is 29.5 Å². The Bertz CT molecular complexity index is 931. The molecule has 0 spiro atoms. The number of rotatable bonds is 3. The van der Waals surface area contributed by atoms with Crippen molar-refractivity contribution in [3.8, 4) is 11.5 Å². The predicted molar refractivity (Wildman–Crippen MR) is 93.1 cm³/mol. The lowest BCUT2D eigenvalue weighted by molar-refractivity contribution is -0.133. The van der Waals surface area contributed by atoms with Crippen molar-refractivity contribution in [2.75, 3.05) is 5.32 Å². The van der Waals surface area contributed by atoms with Crippen molar-refractivity contribution in [3.05, 3.63) is 46.9 Å². The number of hydroxylamine groups is 1. The number of nitrogens with zero attached hydrogens (tertiary/aromatic N) is 1. The molecule has 2 aromatic rings. The van der Waals surface area contributed by atoms with Crippen molar-refractivity contribution in [2.24, 2.45) is 5.92 Å². The van der Waals surface area contributed by atoms with Gasteiger partial charge in [0.2, 0.25) is 11.8 Å². The highest BCUT2D eigenvalue weighted by molar-refractivity contribution is 5.93. The summed E-state index contributed by atoms with van der Waals surface area (Å²) in [4.78, 5) is 27.3. The van der Waals surface area contributed by atoms with Crippen LogP contribution in [0.4, 0.5) is 10.2 Å². The fourth-order valence-electron chi connectivity index (χ4n) is 3.62. The SMILES string of the molecule is O=C1CCc2c(Oc3cc4c(cc3F)CCC(C(=O)NO)C4)ccnc2N1. The molecule has 2 aliphatic rings. The summed E-state index contributed by atoms with van der Waals surface area (Å²) >= 11 is 0. The van der Waals surface area contributed by atoms with Gasteiger partial charge in [0, 0.05) is 24.1 Å². The number of ether oxygens (including phenoxy) is 1. The van der Waals surface area contributed by atoms with Crippen LogP contribution in [0.2, 0.25) is 0 Å². The standard InChI is InChI=1S/C19H18FN3O4/c20-14-8-10-1-2-11(19(25)23-26)7-12(10)9-16(14)27-15-5-6-21-18-13(15)3-4-17(24)22-18/h5-6,8-9,11,26H,1-4,7H2,(H,23,25)(H,21,22,24). The molecule has 1 aliphatic heterocycles. The van der Waals surface area contributed by atoms with E-state index in [0.717, 1.165) is 16.7 Å². The molecule has 0 fully saturated rings. The molecular weight excluding hydrogens is 353 g/mol. The highest BCUT2D eigenvalue weighted by Crippen LogP contribution is 2.36. The zero-order valence-corrected chi connectivity index (χ0v) is 14.4. The van der Waals surface area contributed by atoms with Gasteiger partial charge in [0.05, 0.1) is 0 Å². The quantitative estimate of drug-likeness (QED) is 0.569. The number of hydrogen-bond donors (Lipinski definition) is 3. The normalized spacial score (nSPS) is 18.1. The van der Waals surface area contributed by atoms with Gasteiger partial charge in [-0.15, -0.1) is 0 Å². The van der Waals surface area contributed by atoms with Crippen LogP contribution in [0.3, 0.4) is 0 Å². The van der Waals surface area contributed by atoms with Gasteiger partial charge in [-0.25, -0.2) is 14.9 Å². The topological polar surface area (TPSA) is 101 Å². The molecule has 0 saturated heterocycles.